The number of hydrogen-bond donors (Lipinski definition) is 1. The van der Waals surface area contributed by atoms with Crippen molar-refractivity contribution in [1.82, 2.24) is 0 Å². The summed E-state index contributed by atoms with van der Waals surface area (Å²) >= 11 is 0. The summed E-state index contributed by atoms with van der Waals surface area (Å²) in [6.07, 6.45) is 0. The Hall–Kier alpha value is -4.39. The average molecular weight is 486 g/mol. The number of aryl methyl sites for hydroxylation is 2. The third-order valence-electron chi connectivity index (χ3n) is 6.11. The number of esters is 1. The minimum atomic E-state index is -0.884. The second-order valence-corrected chi connectivity index (χ2v) is 8.56. The van der Waals surface area contributed by atoms with Crippen LogP contribution in [0.4, 0.5) is 5.69 Å². The molecule has 0 spiro atoms. The van der Waals surface area contributed by atoms with Gasteiger partial charge in [-0.2, -0.15) is 0 Å². The van der Waals surface area contributed by atoms with E-state index >= 15 is 0 Å². The summed E-state index contributed by atoms with van der Waals surface area (Å²) in [4.78, 5) is 39.4. The minimum Gasteiger partial charge on any atom is -0.507 e. The molecule has 1 heterocycles. The summed E-state index contributed by atoms with van der Waals surface area (Å²) in [6.45, 7) is 7.56. The van der Waals surface area contributed by atoms with Gasteiger partial charge in [0.2, 0.25) is 0 Å². The van der Waals surface area contributed by atoms with Gasteiger partial charge < -0.3 is 14.6 Å². The Morgan fingerprint density at radius 2 is 1.56 bits per heavy atom. The quantitative estimate of drug-likeness (QED) is 0.168. The van der Waals surface area contributed by atoms with E-state index in [2.05, 4.69) is 0 Å². The second kappa shape index (κ2) is 10.1. The number of ketones is 1. The molecule has 1 fully saturated rings. The van der Waals surface area contributed by atoms with Crippen molar-refractivity contribution in [3.63, 3.8) is 0 Å². The highest BCUT2D eigenvalue weighted by Crippen LogP contribution is 2.43. The van der Waals surface area contributed by atoms with Gasteiger partial charge in [0.05, 0.1) is 18.2 Å². The maximum Gasteiger partial charge on any atom is 0.308 e. The van der Waals surface area contributed by atoms with E-state index in [1.165, 1.54) is 11.8 Å². The van der Waals surface area contributed by atoms with Crippen molar-refractivity contribution in [2.45, 2.75) is 33.7 Å². The van der Waals surface area contributed by atoms with Crippen molar-refractivity contribution in [3.8, 4) is 11.5 Å². The molecule has 0 aromatic heterocycles. The number of carbonyl (C=O) groups excluding carboxylic acids is 3. The van der Waals surface area contributed by atoms with E-state index < -0.39 is 23.7 Å². The highest BCUT2D eigenvalue weighted by Gasteiger charge is 2.47. The number of rotatable bonds is 6. The van der Waals surface area contributed by atoms with E-state index in [1.54, 1.807) is 54.6 Å². The molecule has 1 unspecified atom stereocenters. The van der Waals surface area contributed by atoms with Crippen LogP contribution in [0.2, 0.25) is 0 Å². The number of amides is 1. The van der Waals surface area contributed by atoms with Crippen LogP contribution in [0.15, 0.2) is 72.3 Å². The summed E-state index contributed by atoms with van der Waals surface area (Å²) in [5, 5.41) is 11.3. The van der Waals surface area contributed by atoms with Crippen molar-refractivity contribution in [1.29, 1.82) is 0 Å². The maximum absolute atomic E-state index is 13.3. The SMILES string of the molecule is CCOc1ccc(/C(O)=C2\C(=O)C(=O)N(c3ccc(C)c(C)c3)C2c2ccc(OC(C)=O)cc2)cc1. The van der Waals surface area contributed by atoms with Crippen LogP contribution in [0.25, 0.3) is 5.76 Å². The zero-order valence-electron chi connectivity index (χ0n) is 20.6. The van der Waals surface area contributed by atoms with Gasteiger partial charge in [-0.1, -0.05) is 18.2 Å². The van der Waals surface area contributed by atoms with Crippen molar-refractivity contribution >= 4 is 29.1 Å². The van der Waals surface area contributed by atoms with E-state index in [0.29, 0.717) is 34.9 Å². The number of anilines is 1. The Morgan fingerprint density at radius 3 is 2.14 bits per heavy atom. The maximum atomic E-state index is 13.3. The van der Waals surface area contributed by atoms with Crippen LogP contribution in [0.3, 0.4) is 0 Å². The molecule has 1 atom stereocenters. The number of aliphatic hydroxyl groups excluding tert-OH is 1. The molecule has 0 bridgehead atoms. The number of aliphatic hydroxyl groups is 1. The molecule has 1 aliphatic heterocycles. The molecule has 0 radical (unpaired) electrons. The third-order valence-corrected chi connectivity index (χ3v) is 6.11. The molecular formula is C29H27NO6. The molecule has 7 nitrogen and oxygen atoms in total. The molecule has 1 amide bonds. The fraction of sp³-hybridized carbons (Fsp3) is 0.207. The lowest BCUT2D eigenvalue weighted by Crippen LogP contribution is -2.29. The van der Waals surface area contributed by atoms with Crippen molar-refractivity contribution in [2.75, 3.05) is 11.5 Å². The zero-order chi connectivity index (χ0) is 26.0. The van der Waals surface area contributed by atoms with Crippen LogP contribution in [0.5, 0.6) is 11.5 Å². The first-order valence-corrected chi connectivity index (χ1v) is 11.6. The normalized spacial score (nSPS) is 16.8. The molecule has 0 saturated carbocycles. The highest BCUT2D eigenvalue weighted by molar-refractivity contribution is 6.51. The van der Waals surface area contributed by atoms with E-state index in [9.17, 15) is 19.5 Å². The molecule has 36 heavy (non-hydrogen) atoms. The first-order chi connectivity index (χ1) is 17.2. The smallest absolute Gasteiger partial charge is 0.308 e. The van der Waals surface area contributed by atoms with Crippen LogP contribution in [0, 0.1) is 13.8 Å². The number of ether oxygens (including phenoxy) is 2. The lowest BCUT2D eigenvalue weighted by molar-refractivity contribution is -0.132. The second-order valence-electron chi connectivity index (χ2n) is 8.56. The average Bonchev–Trinajstić information content (AvgIpc) is 3.11. The largest absolute Gasteiger partial charge is 0.507 e. The van der Waals surface area contributed by atoms with E-state index in [1.807, 2.05) is 32.9 Å². The topological polar surface area (TPSA) is 93.1 Å². The van der Waals surface area contributed by atoms with Crippen molar-refractivity contribution in [3.05, 3.63) is 94.6 Å². The Bertz CT molecular complexity index is 1360. The van der Waals surface area contributed by atoms with Gasteiger partial charge in [0.15, 0.2) is 0 Å². The molecule has 7 heteroatoms. The summed E-state index contributed by atoms with van der Waals surface area (Å²) in [7, 11) is 0. The van der Waals surface area contributed by atoms with E-state index in [0.717, 1.165) is 11.1 Å². The standard InChI is InChI=1S/C29H27NO6/c1-5-35-23-12-9-21(10-13-23)27(32)25-26(20-7-14-24(15-8-20)36-19(4)31)30(29(34)28(25)33)22-11-6-17(2)18(3)16-22/h6-16,26,32H,5H2,1-4H3/b27-25+. The third kappa shape index (κ3) is 4.73. The van der Waals surface area contributed by atoms with Gasteiger partial charge in [-0.25, -0.2) is 0 Å². The van der Waals surface area contributed by atoms with Crippen LogP contribution in [0.1, 0.15) is 42.1 Å². The predicted octanol–water partition coefficient (Wildman–Crippen LogP) is 5.25. The number of nitrogens with zero attached hydrogens (tertiary/aromatic N) is 1. The summed E-state index contributed by atoms with van der Waals surface area (Å²) in [5.74, 6) is -1.30. The van der Waals surface area contributed by atoms with Gasteiger partial charge in [0.25, 0.3) is 11.7 Å². The van der Waals surface area contributed by atoms with Gasteiger partial charge >= 0.3 is 5.97 Å². The molecule has 184 valence electrons. The van der Waals surface area contributed by atoms with Crippen LogP contribution < -0.4 is 14.4 Å². The van der Waals surface area contributed by atoms with Crippen LogP contribution in [-0.4, -0.2) is 29.4 Å². The van der Waals surface area contributed by atoms with Gasteiger partial charge in [-0.05, 0) is 86.0 Å². The predicted molar refractivity (Wildman–Crippen MR) is 136 cm³/mol. The van der Waals surface area contributed by atoms with Gasteiger partial charge in [0.1, 0.15) is 17.3 Å². The van der Waals surface area contributed by atoms with E-state index in [-0.39, 0.29) is 11.3 Å². The fourth-order valence-electron chi connectivity index (χ4n) is 4.21. The molecule has 1 N–H and O–H groups in total. The molecule has 3 aromatic carbocycles. The summed E-state index contributed by atoms with van der Waals surface area (Å²) < 4.78 is 10.6. The number of hydrogen-bond acceptors (Lipinski definition) is 6. The lowest BCUT2D eigenvalue weighted by Gasteiger charge is -2.26. The number of Topliss-reactive ketones (excluding diaryl/α,β-unsaturated/α-hetero) is 1. The highest BCUT2D eigenvalue weighted by atomic mass is 16.5. The Labute approximate surface area is 209 Å². The van der Waals surface area contributed by atoms with Crippen molar-refractivity contribution in [2.24, 2.45) is 0 Å². The van der Waals surface area contributed by atoms with Crippen LogP contribution in [-0.2, 0) is 14.4 Å². The Kier molecular flexibility index (Phi) is 6.92. The molecule has 1 aliphatic rings. The van der Waals surface area contributed by atoms with E-state index in [4.69, 9.17) is 9.47 Å². The first-order valence-electron chi connectivity index (χ1n) is 11.6. The summed E-state index contributed by atoms with van der Waals surface area (Å²) in [6, 6.07) is 17.8. The number of benzene rings is 3. The molecular weight excluding hydrogens is 458 g/mol. The van der Waals surface area contributed by atoms with Gasteiger partial charge in [-0.15, -0.1) is 0 Å². The number of carbonyl (C=O) groups is 3. The van der Waals surface area contributed by atoms with Crippen LogP contribution >= 0.6 is 0 Å². The monoisotopic (exact) mass is 485 g/mol. The zero-order valence-corrected chi connectivity index (χ0v) is 20.6. The van der Waals surface area contributed by atoms with Gasteiger partial charge in [-0.3, -0.25) is 19.3 Å². The Morgan fingerprint density at radius 1 is 0.917 bits per heavy atom. The summed E-state index contributed by atoms with van der Waals surface area (Å²) in [5.41, 5.74) is 3.49. The molecule has 3 aromatic rings. The minimum absolute atomic E-state index is 0.0253. The first kappa shape index (κ1) is 24.7. The Balaban J connectivity index is 1.87. The lowest BCUT2D eigenvalue weighted by atomic mass is 9.95. The van der Waals surface area contributed by atoms with Crippen molar-refractivity contribution < 1.29 is 29.0 Å². The fourth-order valence-corrected chi connectivity index (χ4v) is 4.21. The molecule has 1 saturated heterocycles. The molecule has 4 rings (SSSR count). The molecule has 0 aliphatic carbocycles. The van der Waals surface area contributed by atoms with Gasteiger partial charge in [0, 0.05) is 18.2 Å².